The highest BCUT2D eigenvalue weighted by Crippen LogP contribution is 2.46. The minimum Gasteiger partial charge on any atom is -0.422 e. The molecule has 0 radical (unpaired) electrons. The Morgan fingerprint density at radius 2 is 1.88 bits per heavy atom. The fraction of sp³-hybridized carbons (Fsp3) is 0.167. The highest BCUT2D eigenvalue weighted by Gasteiger charge is 2.36. The Kier molecular flexibility index (Phi) is 4.71. The highest BCUT2D eigenvalue weighted by atomic mass is 16.5. The maximum atomic E-state index is 9.94. The van der Waals surface area contributed by atoms with Gasteiger partial charge < -0.3 is 15.0 Å². The van der Waals surface area contributed by atoms with Crippen molar-refractivity contribution in [3.63, 3.8) is 0 Å². The number of hydrogen-bond donors (Lipinski definition) is 1. The molecule has 5 rings (SSSR count). The van der Waals surface area contributed by atoms with Crippen LogP contribution in [0, 0.1) is 11.3 Å². The van der Waals surface area contributed by atoms with Crippen molar-refractivity contribution in [2.24, 2.45) is 12.8 Å². The summed E-state index contributed by atoms with van der Waals surface area (Å²) < 4.78 is 9.56. The number of imidazole rings is 1. The lowest BCUT2D eigenvalue weighted by atomic mass is 9.83. The molecule has 4 heterocycles. The van der Waals surface area contributed by atoms with Gasteiger partial charge in [-0.2, -0.15) is 10.4 Å². The number of nitriles is 1. The summed E-state index contributed by atoms with van der Waals surface area (Å²) in [6.07, 6.45) is 8.01. The number of allylic oxidation sites excluding steroid dienone is 1. The number of ether oxygens (including phenoxy) is 1. The molecule has 0 spiro atoms. The van der Waals surface area contributed by atoms with Crippen LogP contribution in [-0.4, -0.2) is 24.3 Å². The van der Waals surface area contributed by atoms with E-state index < -0.39 is 5.92 Å². The molecule has 1 atom stereocenters. The van der Waals surface area contributed by atoms with Gasteiger partial charge in [0.25, 0.3) is 0 Å². The van der Waals surface area contributed by atoms with E-state index in [2.05, 4.69) is 32.6 Å². The summed E-state index contributed by atoms with van der Waals surface area (Å²) in [6.45, 7) is 2.08. The predicted molar refractivity (Wildman–Crippen MR) is 119 cm³/mol. The summed E-state index contributed by atoms with van der Waals surface area (Å²) in [5, 5.41) is 14.6. The molecular weight excluding hydrogens is 402 g/mol. The van der Waals surface area contributed by atoms with E-state index in [-0.39, 0.29) is 5.88 Å². The first-order valence-corrected chi connectivity index (χ1v) is 10.3. The Labute approximate surface area is 185 Å². The Morgan fingerprint density at radius 1 is 1.12 bits per heavy atom. The van der Waals surface area contributed by atoms with Crippen LogP contribution in [0.4, 0.5) is 0 Å². The zero-order valence-corrected chi connectivity index (χ0v) is 17.7. The van der Waals surface area contributed by atoms with Gasteiger partial charge in [0, 0.05) is 49.5 Å². The first kappa shape index (κ1) is 19.6. The van der Waals surface area contributed by atoms with Gasteiger partial charge in [-0.15, -0.1) is 0 Å². The summed E-state index contributed by atoms with van der Waals surface area (Å²) in [6, 6.07) is 14.1. The summed E-state index contributed by atoms with van der Waals surface area (Å²) in [5.74, 6) is 1.22. The van der Waals surface area contributed by atoms with Crippen molar-refractivity contribution < 1.29 is 4.74 Å². The van der Waals surface area contributed by atoms with Crippen molar-refractivity contribution in [2.75, 3.05) is 0 Å². The van der Waals surface area contributed by atoms with Crippen LogP contribution in [0.25, 0.3) is 16.9 Å². The van der Waals surface area contributed by atoms with Gasteiger partial charge in [-0.1, -0.05) is 19.1 Å². The third-order valence-corrected chi connectivity index (χ3v) is 5.69. The fourth-order valence-corrected chi connectivity index (χ4v) is 4.19. The number of pyridine rings is 1. The molecule has 0 bridgehead atoms. The number of fused-ring (bicyclic) bond motifs is 1. The van der Waals surface area contributed by atoms with Crippen LogP contribution in [0.15, 0.2) is 72.6 Å². The van der Waals surface area contributed by atoms with Crippen molar-refractivity contribution in [3.8, 4) is 28.9 Å². The maximum absolute atomic E-state index is 9.94. The molecule has 1 aliphatic rings. The van der Waals surface area contributed by atoms with E-state index in [1.165, 1.54) is 0 Å². The lowest BCUT2D eigenvalue weighted by Crippen LogP contribution is -2.21. The molecule has 8 heteroatoms. The summed E-state index contributed by atoms with van der Waals surface area (Å²) in [7, 11) is 1.81. The van der Waals surface area contributed by atoms with Crippen LogP contribution in [0.3, 0.4) is 0 Å². The Balaban J connectivity index is 1.66. The number of rotatable bonds is 4. The van der Waals surface area contributed by atoms with Crippen LogP contribution in [0.1, 0.15) is 29.8 Å². The van der Waals surface area contributed by atoms with Gasteiger partial charge in [-0.05, 0) is 29.8 Å². The molecule has 32 heavy (non-hydrogen) atoms. The summed E-state index contributed by atoms with van der Waals surface area (Å²) in [4.78, 5) is 8.50. The van der Waals surface area contributed by atoms with Crippen molar-refractivity contribution in [1.29, 1.82) is 5.26 Å². The largest absolute Gasteiger partial charge is 0.422 e. The van der Waals surface area contributed by atoms with Gasteiger partial charge in [-0.3, -0.25) is 4.98 Å². The predicted octanol–water partition coefficient (Wildman–Crippen LogP) is 3.45. The van der Waals surface area contributed by atoms with Gasteiger partial charge >= 0.3 is 0 Å². The average Bonchev–Trinajstić information content (AvgIpc) is 3.43. The van der Waals surface area contributed by atoms with E-state index in [4.69, 9.17) is 10.5 Å². The molecule has 3 aromatic heterocycles. The first-order valence-electron chi connectivity index (χ1n) is 10.3. The molecule has 0 aliphatic carbocycles. The van der Waals surface area contributed by atoms with Gasteiger partial charge in [0.1, 0.15) is 23.2 Å². The zero-order valence-electron chi connectivity index (χ0n) is 17.7. The highest BCUT2D eigenvalue weighted by molar-refractivity contribution is 5.71. The molecule has 1 aliphatic heterocycles. The van der Waals surface area contributed by atoms with E-state index in [0.717, 1.165) is 40.3 Å². The van der Waals surface area contributed by atoms with Crippen LogP contribution < -0.4 is 10.5 Å². The lowest BCUT2D eigenvalue weighted by Gasteiger charge is -2.25. The third kappa shape index (κ3) is 3.03. The molecule has 158 valence electrons. The Morgan fingerprint density at radius 3 is 2.56 bits per heavy atom. The number of aromatic nitrogens is 5. The van der Waals surface area contributed by atoms with E-state index in [9.17, 15) is 5.26 Å². The zero-order chi connectivity index (χ0) is 22.2. The summed E-state index contributed by atoms with van der Waals surface area (Å²) in [5.41, 5.74) is 10.9. The fourth-order valence-electron chi connectivity index (χ4n) is 4.19. The second-order valence-electron chi connectivity index (χ2n) is 7.51. The van der Waals surface area contributed by atoms with Crippen molar-refractivity contribution in [3.05, 3.63) is 89.6 Å². The number of nitrogens with two attached hydrogens (primary N) is 1. The molecule has 8 nitrogen and oxygen atoms in total. The second-order valence-corrected chi connectivity index (χ2v) is 7.51. The number of benzene rings is 1. The van der Waals surface area contributed by atoms with Gasteiger partial charge in [-0.25, -0.2) is 9.67 Å². The van der Waals surface area contributed by atoms with Crippen LogP contribution in [0.2, 0.25) is 0 Å². The second kappa shape index (κ2) is 7.71. The van der Waals surface area contributed by atoms with Gasteiger partial charge in [0.2, 0.25) is 11.8 Å². The number of aryl methyl sites for hydroxylation is 2. The molecule has 0 saturated heterocycles. The number of nitrogens with zero attached hydrogens (tertiary/aromatic N) is 6. The minimum atomic E-state index is -0.400. The normalized spacial score (nSPS) is 15.2. The van der Waals surface area contributed by atoms with E-state index in [1.807, 2.05) is 42.6 Å². The smallest absolute Gasteiger partial charge is 0.224 e. The molecule has 4 aromatic rings. The first-order chi connectivity index (χ1) is 15.6. The average molecular weight is 423 g/mol. The van der Waals surface area contributed by atoms with Crippen molar-refractivity contribution in [1.82, 2.24) is 24.3 Å². The topological polar surface area (TPSA) is 108 Å². The SMILES string of the molecule is CCc1nccn1-c1ccc(C2C(C#N)=C(N)Oc3c2c(-c2ccncc2)nn3C)cc1. The van der Waals surface area contributed by atoms with Crippen LogP contribution in [0.5, 0.6) is 5.88 Å². The monoisotopic (exact) mass is 423 g/mol. The van der Waals surface area contributed by atoms with Crippen molar-refractivity contribution in [2.45, 2.75) is 19.3 Å². The maximum Gasteiger partial charge on any atom is 0.224 e. The standard InChI is InChI=1S/C24H21N7O/c1-3-19-28-12-13-31(19)17-6-4-15(5-7-17)20-18(14-25)23(26)32-24-21(20)22(29-30(24)2)16-8-10-27-11-9-16/h4-13,20H,3,26H2,1-2H3. The van der Waals surface area contributed by atoms with E-state index >= 15 is 0 Å². The third-order valence-electron chi connectivity index (χ3n) is 5.69. The minimum absolute atomic E-state index is 0.0984. The van der Waals surface area contributed by atoms with Crippen LogP contribution >= 0.6 is 0 Å². The number of hydrogen-bond acceptors (Lipinski definition) is 6. The quantitative estimate of drug-likeness (QED) is 0.539. The summed E-state index contributed by atoms with van der Waals surface area (Å²) >= 11 is 0. The van der Waals surface area contributed by atoms with Gasteiger partial charge in [0.05, 0.1) is 11.5 Å². The Hall–Kier alpha value is -4.38. The Bertz CT molecular complexity index is 1360. The van der Waals surface area contributed by atoms with Gasteiger partial charge in [0.15, 0.2) is 0 Å². The molecule has 1 unspecified atom stereocenters. The molecule has 0 fully saturated rings. The molecular formula is C24H21N7O. The van der Waals surface area contributed by atoms with E-state index in [1.54, 1.807) is 30.3 Å². The molecule has 1 aromatic carbocycles. The molecule has 0 amide bonds. The molecule has 0 saturated carbocycles. The lowest BCUT2D eigenvalue weighted by molar-refractivity contribution is 0.358. The van der Waals surface area contributed by atoms with Crippen molar-refractivity contribution >= 4 is 0 Å². The molecule has 2 N–H and O–H groups in total. The van der Waals surface area contributed by atoms with Crippen LogP contribution in [-0.2, 0) is 13.5 Å². The van der Waals surface area contributed by atoms with E-state index in [0.29, 0.717) is 11.5 Å².